The first-order valence-electron chi connectivity index (χ1n) is 5.56. The third-order valence-electron chi connectivity index (χ3n) is 2.89. The summed E-state index contributed by atoms with van der Waals surface area (Å²) in [4.78, 5) is 0. The van der Waals surface area contributed by atoms with Crippen molar-refractivity contribution in [2.24, 2.45) is 5.92 Å². The smallest absolute Gasteiger partial charge is 0.122 e. The topological polar surface area (TPSA) is 35.8 Å². The molecule has 1 aliphatic rings. The van der Waals surface area contributed by atoms with E-state index >= 15 is 0 Å². The van der Waals surface area contributed by atoms with Crippen LogP contribution in [0.2, 0.25) is 5.02 Å². The molecule has 1 fully saturated rings. The van der Waals surface area contributed by atoms with Crippen molar-refractivity contribution in [2.75, 3.05) is 5.32 Å². The molecule has 16 heavy (non-hydrogen) atoms. The molecule has 1 atom stereocenters. The number of nitrogens with one attached hydrogen (secondary N) is 1. The fraction of sp³-hybridized carbons (Fsp3) is 0.462. The Hall–Kier alpha value is -1.20. The largest absolute Gasteiger partial charge is 0.368 e. The van der Waals surface area contributed by atoms with E-state index in [0.29, 0.717) is 5.02 Å². The number of nitrogens with zero attached hydrogens (tertiary/aromatic N) is 1. The molecule has 0 bridgehead atoms. The molecule has 0 heterocycles. The van der Waals surface area contributed by atoms with Crippen molar-refractivity contribution in [3.63, 3.8) is 0 Å². The Kier molecular flexibility index (Phi) is 3.07. The zero-order chi connectivity index (χ0) is 11.6. The van der Waals surface area contributed by atoms with Gasteiger partial charge in [-0.25, -0.2) is 0 Å². The maximum absolute atomic E-state index is 9.25. The molecular formula is C13H15ClN2. The van der Waals surface area contributed by atoms with E-state index in [2.05, 4.69) is 11.4 Å². The van der Waals surface area contributed by atoms with Crippen LogP contribution in [0.5, 0.6) is 0 Å². The van der Waals surface area contributed by atoms with Gasteiger partial charge in [0.2, 0.25) is 0 Å². The molecule has 1 saturated carbocycles. The molecule has 0 aromatic heterocycles. The number of rotatable bonds is 4. The van der Waals surface area contributed by atoms with E-state index in [4.69, 9.17) is 11.6 Å². The van der Waals surface area contributed by atoms with Gasteiger partial charge < -0.3 is 5.32 Å². The Morgan fingerprint density at radius 2 is 2.31 bits per heavy atom. The molecule has 0 saturated heterocycles. The van der Waals surface area contributed by atoms with Gasteiger partial charge in [-0.1, -0.05) is 30.5 Å². The first-order valence-corrected chi connectivity index (χ1v) is 5.94. The Morgan fingerprint density at radius 3 is 2.88 bits per heavy atom. The summed E-state index contributed by atoms with van der Waals surface area (Å²) in [5.41, 5.74) is 0.434. The molecule has 1 N–H and O–H groups in total. The van der Waals surface area contributed by atoms with Gasteiger partial charge in [-0.2, -0.15) is 5.26 Å². The fourth-order valence-electron chi connectivity index (χ4n) is 1.91. The van der Waals surface area contributed by atoms with Crippen LogP contribution in [0.25, 0.3) is 0 Å². The highest BCUT2D eigenvalue weighted by molar-refractivity contribution is 6.30. The van der Waals surface area contributed by atoms with Crippen molar-refractivity contribution in [2.45, 2.75) is 31.7 Å². The molecule has 1 aliphatic carbocycles. The highest BCUT2D eigenvalue weighted by atomic mass is 35.5. The highest BCUT2D eigenvalue weighted by Crippen LogP contribution is 2.37. The minimum atomic E-state index is -0.480. The second kappa shape index (κ2) is 4.35. The molecule has 2 rings (SSSR count). The van der Waals surface area contributed by atoms with Gasteiger partial charge in [-0.3, -0.25) is 0 Å². The minimum absolute atomic E-state index is 0.480. The van der Waals surface area contributed by atoms with Crippen LogP contribution in [0, 0.1) is 17.2 Å². The second-order valence-corrected chi connectivity index (χ2v) is 5.16. The summed E-state index contributed by atoms with van der Waals surface area (Å²) in [6.45, 7) is 1.95. The van der Waals surface area contributed by atoms with E-state index in [1.807, 2.05) is 31.2 Å². The Labute approximate surface area is 101 Å². The van der Waals surface area contributed by atoms with Crippen LogP contribution in [0.3, 0.4) is 0 Å². The molecular weight excluding hydrogens is 220 g/mol. The lowest BCUT2D eigenvalue weighted by Crippen LogP contribution is -2.33. The van der Waals surface area contributed by atoms with E-state index in [1.165, 1.54) is 12.8 Å². The third kappa shape index (κ3) is 2.90. The quantitative estimate of drug-likeness (QED) is 0.860. The van der Waals surface area contributed by atoms with Gasteiger partial charge in [0.1, 0.15) is 5.54 Å². The van der Waals surface area contributed by atoms with Crippen molar-refractivity contribution >= 4 is 17.3 Å². The van der Waals surface area contributed by atoms with E-state index < -0.39 is 5.54 Å². The first kappa shape index (κ1) is 11.3. The summed E-state index contributed by atoms with van der Waals surface area (Å²) < 4.78 is 0. The van der Waals surface area contributed by atoms with E-state index in [1.54, 1.807) is 0 Å². The average molecular weight is 235 g/mol. The molecule has 0 radical (unpaired) electrons. The number of nitriles is 1. The summed E-state index contributed by atoms with van der Waals surface area (Å²) in [6.07, 6.45) is 3.43. The predicted molar refractivity (Wildman–Crippen MR) is 66.4 cm³/mol. The van der Waals surface area contributed by atoms with Crippen molar-refractivity contribution < 1.29 is 0 Å². The van der Waals surface area contributed by atoms with Crippen molar-refractivity contribution in [1.29, 1.82) is 5.26 Å². The zero-order valence-electron chi connectivity index (χ0n) is 9.33. The summed E-state index contributed by atoms with van der Waals surface area (Å²) in [5.74, 6) is 0.719. The van der Waals surface area contributed by atoms with Crippen LogP contribution in [0.4, 0.5) is 5.69 Å². The van der Waals surface area contributed by atoms with Gasteiger partial charge in [-0.15, -0.1) is 0 Å². The number of anilines is 1. The molecule has 2 nitrogen and oxygen atoms in total. The zero-order valence-corrected chi connectivity index (χ0v) is 10.1. The van der Waals surface area contributed by atoms with Crippen LogP contribution in [-0.2, 0) is 0 Å². The molecule has 0 spiro atoms. The van der Waals surface area contributed by atoms with Gasteiger partial charge in [-0.05, 0) is 37.5 Å². The summed E-state index contributed by atoms with van der Waals surface area (Å²) in [6, 6.07) is 9.87. The molecule has 1 aromatic rings. The molecule has 3 heteroatoms. The second-order valence-electron chi connectivity index (χ2n) is 4.73. The first-order chi connectivity index (χ1) is 7.61. The van der Waals surface area contributed by atoms with E-state index in [0.717, 1.165) is 18.0 Å². The van der Waals surface area contributed by atoms with Crippen LogP contribution in [0.15, 0.2) is 24.3 Å². The molecule has 0 aliphatic heterocycles. The van der Waals surface area contributed by atoms with Crippen molar-refractivity contribution in [3.8, 4) is 6.07 Å². The third-order valence-corrected chi connectivity index (χ3v) is 3.12. The maximum Gasteiger partial charge on any atom is 0.122 e. The minimum Gasteiger partial charge on any atom is -0.368 e. The summed E-state index contributed by atoms with van der Waals surface area (Å²) in [5, 5.41) is 13.2. The van der Waals surface area contributed by atoms with Crippen LogP contribution >= 0.6 is 11.6 Å². The normalized spacial score (nSPS) is 18.6. The fourth-order valence-corrected chi connectivity index (χ4v) is 2.10. The maximum atomic E-state index is 9.25. The molecule has 84 valence electrons. The lowest BCUT2D eigenvalue weighted by atomic mass is 9.96. The predicted octanol–water partition coefficient (Wildman–Crippen LogP) is 3.83. The van der Waals surface area contributed by atoms with E-state index in [-0.39, 0.29) is 0 Å². The monoisotopic (exact) mass is 234 g/mol. The van der Waals surface area contributed by atoms with Crippen molar-refractivity contribution in [1.82, 2.24) is 0 Å². The van der Waals surface area contributed by atoms with Gasteiger partial charge in [0.25, 0.3) is 0 Å². The Morgan fingerprint density at radius 1 is 1.56 bits per heavy atom. The van der Waals surface area contributed by atoms with Crippen LogP contribution < -0.4 is 5.32 Å². The van der Waals surface area contributed by atoms with Crippen molar-refractivity contribution in [3.05, 3.63) is 29.3 Å². The SMILES string of the molecule is CC(C#N)(CC1CC1)Nc1cccc(Cl)c1. The number of hydrogen-bond donors (Lipinski definition) is 1. The Bertz CT molecular complexity index is 420. The van der Waals surface area contributed by atoms with E-state index in [9.17, 15) is 5.26 Å². The number of halogens is 1. The lowest BCUT2D eigenvalue weighted by Gasteiger charge is -2.24. The molecule has 1 aromatic carbocycles. The van der Waals surface area contributed by atoms with Gasteiger partial charge >= 0.3 is 0 Å². The van der Waals surface area contributed by atoms with Crippen LogP contribution in [-0.4, -0.2) is 5.54 Å². The average Bonchev–Trinajstić information content (AvgIpc) is 3.01. The molecule has 1 unspecified atom stereocenters. The Balaban J connectivity index is 2.08. The number of hydrogen-bond acceptors (Lipinski definition) is 2. The van der Waals surface area contributed by atoms with Crippen LogP contribution in [0.1, 0.15) is 26.2 Å². The van der Waals surface area contributed by atoms with Gasteiger partial charge in [0.15, 0.2) is 0 Å². The van der Waals surface area contributed by atoms with Gasteiger partial charge in [0.05, 0.1) is 6.07 Å². The number of benzene rings is 1. The molecule has 0 amide bonds. The van der Waals surface area contributed by atoms with Gasteiger partial charge in [0, 0.05) is 10.7 Å². The summed E-state index contributed by atoms with van der Waals surface area (Å²) >= 11 is 5.91. The summed E-state index contributed by atoms with van der Waals surface area (Å²) in [7, 11) is 0. The lowest BCUT2D eigenvalue weighted by molar-refractivity contribution is 0.544. The standard InChI is InChI=1S/C13H15ClN2/c1-13(9-15,8-10-5-6-10)16-12-4-2-3-11(14)7-12/h2-4,7,10,16H,5-6,8H2,1H3. The highest BCUT2D eigenvalue weighted by Gasteiger charge is 2.33.